The molecule has 116 valence electrons. The molecule has 3 nitrogen and oxygen atoms in total. The molecule has 0 radical (unpaired) electrons. The number of hydrogen-bond acceptors (Lipinski definition) is 2. The molecule has 0 aromatic heterocycles. The van der Waals surface area contributed by atoms with Crippen molar-refractivity contribution in [3.63, 3.8) is 0 Å². The van der Waals surface area contributed by atoms with E-state index in [1.165, 1.54) is 5.56 Å². The van der Waals surface area contributed by atoms with Crippen molar-refractivity contribution >= 4 is 23.2 Å². The van der Waals surface area contributed by atoms with Gasteiger partial charge in [0, 0.05) is 6.54 Å². The molecule has 0 saturated carbocycles. The zero-order valence-electron chi connectivity index (χ0n) is 13.2. The minimum absolute atomic E-state index is 0.0958. The van der Waals surface area contributed by atoms with Gasteiger partial charge in [-0.2, -0.15) is 0 Å². The highest BCUT2D eigenvalue weighted by atomic mass is 35.5. The highest BCUT2D eigenvalue weighted by molar-refractivity contribution is 6.34. The van der Waals surface area contributed by atoms with E-state index >= 15 is 0 Å². The average Bonchev–Trinajstić information content (AvgIpc) is 2.43. The van der Waals surface area contributed by atoms with Crippen LogP contribution in [-0.2, 0) is 11.3 Å². The van der Waals surface area contributed by atoms with Crippen molar-refractivity contribution in [3.05, 3.63) is 63.7 Å². The third kappa shape index (κ3) is 4.58. The Bertz CT molecular complexity index is 660. The van der Waals surface area contributed by atoms with E-state index in [1.807, 2.05) is 38.1 Å². The van der Waals surface area contributed by atoms with Gasteiger partial charge in [0.25, 0.3) is 0 Å². The maximum Gasteiger partial charge on any atom is 0.238 e. The molecule has 0 fully saturated rings. The Hall–Kier alpha value is -1.84. The van der Waals surface area contributed by atoms with Gasteiger partial charge in [0.15, 0.2) is 0 Å². The van der Waals surface area contributed by atoms with Gasteiger partial charge in [-0.3, -0.25) is 4.79 Å². The predicted molar refractivity (Wildman–Crippen MR) is 92.4 cm³/mol. The topological polar surface area (TPSA) is 41.1 Å². The minimum Gasteiger partial charge on any atom is -0.323 e. The summed E-state index contributed by atoms with van der Waals surface area (Å²) in [7, 11) is 0. The largest absolute Gasteiger partial charge is 0.323 e. The third-order valence-corrected chi connectivity index (χ3v) is 3.69. The Labute approximate surface area is 136 Å². The number of carbonyl (C=O) groups is 1. The first-order chi connectivity index (χ1) is 10.5. The highest BCUT2D eigenvalue weighted by Gasteiger charge is 2.09. The average molecular weight is 317 g/mol. The number of halogens is 1. The maximum absolute atomic E-state index is 12.0. The summed E-state index contributed by atoms with van der Waals surface area (Å²) in [6.07, 6.45) is 0. The number of carbonyl (C=O) groups excluding carboxylic acids is 1. The van der Waals surface area contributed by atoms with Crippen LogP contribution in [0.15, 0.2) is 36.4 Å². The summed E-state index contributed by atoms with van der Waals surface area (Å²) >= 11 is 6.19. The molecular formula is C18H21ClN2O. The molecule has 2 aromatic carbocycles. The molecule has 0 saturated heterocycles. The second kappa shape index (κ2) is 7.43. The van der Waals surface area contributed by atoms with Crippen molar-refractivity contribution in [2.24, 2.45) is 0 Å². The lowest BCUT2D eigenvalue weighted by Gasteiger charge is -2.12. The van der Waals surface area contributed by atoms with Crippen LogP contribution in [-0.4, -0.2) is 12.5 Å². The Balaban J connectivity index is 1.89. The first-order valence-electron chi connectivity index (χ1n) is 7.28. The monoisotopic (exact) mass is 316 g/mol. The van der Waals surface area contributed by atoms with Gasteiger partial charge < -0.3 is 10.6 Å². The van der Waals surface area contributed by atoms with Gasteiger partial charge in [0.1, 0.15) is 0 Å². The summed E-state index contributed by atoms with van der Waals surface area (Å²) in [5.41, 5.74) is 5.12. The minimum atomic E-state index is -0.0958. The van der Waals surface area contributed by atoms with Gasteiger partial charge in [0.05, 0.1) is 17.3 Å². The van der Waals surface area contributed by atoms with Crippen LogP contribution >= 0.6 is 11.6 Å². The fourth-order valence-corrected chi connectivity index (χ4v) is 2.77. The lowest BCUT2D eigenvalue weighted by Crippen LogP contribution is -2.28. The lowest BCUT2D eigenvalue weighted by atomic mass is 10.1. The van der Waals surface area contributed by atoms with Crippen LogP contribution in [0.25, 0.3) is 0 Å². The van der Waals surface area contributed by atoms with E-state index in [2.05, 4.69) is 29.7 Å². The van der Waals surface area contributed by atoms with Gasteiger partial charge in [-0.1, -0.05) is 47.5 Å². The van der Waals surface area contributed by atoms with Gasteiger partial charge >= 0.3 is 0 Å². The van der Waals surface area contributed by atoms with E-state index in [-0.39, 0.29) is 12.5 Å². The predicted octanol–water partition coefficient (Wildman–Crippen LogP) is 3.99. The smallest absolute Gasteiger partial charge is 0.238 e. The number of anilines is 1. The summed E-state index contributed by atoms with van der Waals surface area (Å²) in [5.74, 6) is -0.0958. The number of rotatable bonds is 5. The second-order valence-electron chi connectivity index (χ2n) is 5.58. The van der Waals surface area contributed by atoms with Crippen molar-refractivity contribution in [2.45, 2.75) is 27.3 Å². The van der Waals surface area contributed by atoms with Crippen molar-refractivity contribution < 1.29 is 4.79 Å². The Morgan fingerprint density at radius 2 is 1.86 bits per heavy atom. The number of benzene rings is 2. The number of aryl methyl sites for hydroxylation is 3. The molecule has 0 atom stereocenters. The van der Waals surface area contributed by atoms with Crippen LogP contribution < -0.4 is 10.6 Å². The van der Waals surface area contributed by atoms with Crippen LogP contribution in [0.2, 0.25) is 5.02 Å². The zero-order chi connectivity index (χ0) is 16.1. The molecule has 1 amide bonds. The molecule has 2 aromatic rings. The quantitative estimate of drug-likeness (QED) is 0.875. The normalized spacial score (nSPS) is 10.5. The molecule has 0 aliphatic carbocycles. The second-order valence-corrected chi connectivity index (χ2v) is 5.99. The summed E-state index contributed by atoms with van der Waals surface area (Å²) in [5, 5.41) is 6.59. The van der Waals surface area contributed by atoms with Crippen LogP contribution in [0.4, 0.5) is 5.69 Å². The van der Waals surface area contributed by atoms with Crippen LogP contribution in [0.1, 0.15) is 22.3 Å². The van der Waals surface area contributed by atoms with Gasteiger partial charge in [-0.05, 0) is 43.5 Å². The molecule has 4 heteroatoms. The van der Waals surface area contributed by atoms with Gasteiger partial charge in [-0.15, -0.1) is 0 Å². The summed E-state index contributed by atoms with van der Waals surface area (Å²) in [6.45, 7) is 6.88. The standard InChI is InChI=1S/C18H21ClN2O/c1-12-5-4-6-15(8-12)10-20-11-17(22)21-18-14(3)7-13(2)9-16(18)19/h4-9,20H,10-11H2,1-3H3,(H,21,22). The van der Waals surface area contributed by atoms with E-state index in [9.17, 15) is 4.79 Å². The third-order valence-electron chi connectivity index (χ3n) is 3.39. The molecule has 0 unspecified atom stereocenters. The van der Waals surface area contributed by atoms with E-state index in [4.69, 9.17) is 11.6 Å². The first-order valence-corrected chi connectivity index (χ1v) is 7.66. The van der Waals surface area contributed by atoms with Gasteiger partial charge in [0.2, 0.25) is 5.91 Å². The molecule has 2 rings (SSSR count). The fraction of sp³-hybridized carbons (Fsp3) is 0.278. The fourth-order valence-electron chi connectivity index (χ4n) is 2.40. The Morgan fingerprint density at radius 1 is 1.09 bits per heavy atom. The highest BCUT2D eigenvalue weighted by Crippen LogP contribution is 2.27. The van der Waals surface area contributed by atoms with Crippen LogP contribution in [0, 0.1) is 20.8 Å². The Kier molecular flexibility index (Phi) is 5.58. The van der Waals surface area contributed by atoms with Crippen molar-refractivity contribution in [1.82, 2.24) is 5.32 Å². The number of amides is 1. The molecule has 0 aliphatic rings. The molecule has 0 heterocycles. The summed E-state index contributed by atoms with van der Waals surface area (Å²) in [6, 6.07) is 12.1. The molecule has 22 heavy (non-hydrogen) atoms. The van der Waals surface area contributed by atoms with E-state index in [1.54, 1.807) is 0 Å². The van der Waals surface area contributed by atoms with E-state index in [0.717, 1.165) is 16.7 Å². The van der Waals surface area contributed by atoms with E-state index < -0.39 is 0 Å². The number of nitrogens with one attached hydrogen (secondary N) is 2. The summed E-state index contributed by atoms with van der Waals surface area (Å²) < 4.78 is 0. The van der Waals surface area contributed by atoms with Crippen LogP contribution in [0.3, 0.4) is 0 Å². The Morgan fingerprint density at radius 3 is 2.55 bits per heavy atom. The SMILES string of the molecule is Cc1cccc(CNCC(=O)Nc2c(C)cc(C)cc2Cl)c1. The molecule has 0 spiro atoms. The first kappa shape index (κ1) is 16.5. The van der Waals surface area contributed by atoms with Gasteiger partial charge in [-0.25, -0.2) is 0 Å². The van der Waals surface area contributed by atoms with Crippen molar-refractivity contribution in [1.29, 1.82) is 0 Å². The zero-order valence-corrected chi connectivity index (χ0v) is 13.9. The van der Waals surface area contributed by atoms with Crippen molar-refractivity contribution in [2.75, 3.05) is 11.9 Å². The number of hydrogen-bond donors (Lipinski definition) is 2. The van der Waals surface area contributed by atoms with E-state index in [0.29, 0.717) is 17.3 Å². The molecule has 0 bridgehead atoms. The lowest BCUT2D eigenvalue weighted by molar-refractivity contribution is -0.115. The molecule has 0 aliphatic heterocycles. The molecule has 2 N–H and O–H groups in total. The summed E-state index contributed by atoms with van der Waals surface area (Å²) in [4.78, 5) is 12.0. The van der Waals surface area contributed by atoms with Crippen molar-refractivity contribution in [3.8, 4) is 0 Å². The maximum atomic E-state index is 12.0. The van der Waals surface area contributed by atoms with Crippen LogP contribution in [0.5, 0.6) is 0 Å². The molecular weight excluding hydrogens is 296 g/mol.